The number of hydrogen-bond donors (Lipinski definition) is 1. The number of nitrogens with zero attached hydrogens (tertiary/aromatic N) is 3. The number of morpholine rings is 1. The molecule has 1 aliphatic heterocycles. The molecule has 6 heteroatoms. The Kier molecular flexibility index (Phi) is 6.77. The highest BCUT2D eigenvalue weighted by Crippen LogP contribution is 2.19. The number of hydrogen-bond acceptors (Lipinski definition) is 5. The van der Waals surface area contributed by atoms with E-state index in [1.54, 1.807) is 0 Å². The van der Waals surface area contributed by atoms with Crippen LogP contribution in [0.1, 0.15) is 5.82 Å². The molecule has 1 N–H and O–H groups in total. The van der Waals surface area contributed by atoms with Crippen LogP contribution in [0.3, 0.4) is 0 Å². The van der Waals surface area contributed by atoms with Crippen molar-refractivity contribution in [3.8, 4) is 11.3 Å². The van der Waals surface area contributed by atoms with Crippen LogP contribution in [-0.4, -0.2) is 54.3 Å². The lowest BCUT2D eigenvalue weighted by atomic mass is 10.1. The second-order valence-electron chi connectivity index (χ2n) is 5.43. The molecule has 0 spiro atoms. The Morgan fingerprint density at radius 3 is 2.61 bits per heavy atom. The molecule has 1 aliphatic rings. The molecule has 3 rings (SSSR count). The van der Waals surface area contributed by atoms with E-state index in [0.29, 0.717) is 0 Å². The highest BCUT2D eigenvalue weighted by molar-refractivity contribution is 5.85. The quantitative estimate of drug-likeness (QED) is 0.911. The van der Waals surface area contributed by atoms with Crippen molar-refractivity contribution in [2.45, 2.75) is 6.92 Å². The Morgan fingerprint density at radius 1 is 1.13 bits per heavy atom. The third-order valence-corrected chi connectivity index (χ3v) is 3.75. The van der Waals surface area contributed by atoms with Gasteiger partial charge in [0, 0.05) is 37.8 Å². The molecule has 0 bridgehead atoms. The Hall–Kier alpha value is -1.69. The van der Waals surface area contributed by atoms with E-state index in [9.17, 15) is 0 Å². The van der Waals surface area contributed by atoms with Crippen LogP contribution in [0, 0.1) is 6.92 Å². The second kappa shape index (κ2) is 8.82. The van der Waals surface area contributed by atoms with Gasteiger partial charge in [0.1, 0.15) is 11.6 Å². The summed E-state index contributed by atoms with van der Waals surface area (Å²) in [5, 5.41) is 3.41. The summed E-state index contributed by atoms with van der Waals surface area (Å²) in [6, 6.07) is 12.2. The number of anilines is 1. The molecule has 0 unspecified atom stereocenters. The summed E-state index contributed by atoms with van der Waals surface area (Å²) in [6.07, 6.45) is 0. The third-order valence-electron chi connectivity index (χ3n) is 3.75. The number of nitrogens with one attached hydrogen (secondary N) is 1. The van der Waals surface area contributed by atoms with Gasteiger partial charge in [-0.3, -0.25) is 4.90 Å². The maximum Gasteiger partial charge on any atom is 0.130 e. The maximum atomic E-state index is 5.36. The zero-order valence-corrected chi connectivity index (χ0v) is 14.2. The van der Waals surface area contributed by atoms with Gasteiger partial charge < -0.3 is 10.1 Å². The Morgan fingerprint density at radius 2 is 1.87 bits per heavy atom. The Labute approximate surface area is 143 Å². The average molecular weight is 335 g/mol. The molecule has 0 aliphatic carbocycles. The lowest BCUT2D eigenvalue weighted by Crippen LogP contribution is -2.39. The van der Waals surface area contributed by atoms with Crippen molar-refractivity contribution in [2.75, 3.05) is 44.7 Å². The Balaban J connectivity index is 0.00000192. The van der Waals surface area contributed by atoms with Crippen LogP contribution in [0.5, 0.6) is 0 Å². The van der Waals surface area contributed by atoms with Crippen LogP contribution in [0.2, 0.25) is 0 Å². The van der Waals surface area contributed by atoms with E-state index in [4.69, 9.17) is 4.74 Å². The van der Waals surface area contributed by atoms with Gasteiger partial charge in [0.15, 0.2) is 0 Å². The third kappa shape index (κ3) is 5.16. The molecule has 1 aromatic heterocycles. The van der Waals surface area contributed by atoms with Gasteiger partial charge in [-0.15, -0.1) is 12.4 Å². The SMILES string of the molecule is Cc1nc(NCCN2CCOCC2)cc(-c2ccccc2)n1.Cl. The second-order valence-corrected chi connectivity index (χ2v) is 5.43. The number of aromatic nitrogens is 2. The molecule has 5 nitrogen and oxygen atoms in total. The van der Waals surface area contributed by atoms with Crippen molar-refractivity contribution in [1.29, 1.82) is 0 Å². The fourth-order valence-electron chi connectivity index (χ4n) is 2.58. The zero-order valence-electron chi connectivity index (χ0n) is 13.4. The molecule has 0 saturated carbocycles. The first-order chi connectivity index (χ1) is 10.8. The van der Waals surface area contributed by atoms with Gasteiger partial charge in [-0.25, -0.2) is 9.97 Å². The number of ether oxygens (including phenoxy) is 1. The zero-order chi connectivity index (χ0) is 15.2. The standard InChI is InChI=1S/C17H22N4O.ClH/c1-14-19-16(15-5-3-2-4-6-15)13-17(20-14)18-7-8-21-9-11-22-12-10-21;/h2-6,13H,7-12H2,1H3,(H,18,19,20);1H. The predicted molar refractivity (Wildman–Crippen MR) is 95.2 cm³/mol. The van der Waals surface area contributed by atoms with E-state index >= 15 is 0 Å². The molecule has 2 aromatic rings. The van der Waals surface area contributed by atoms with Crippen LogP contribution in [-0.2, 0) is 4.74 Å². The van der Waals surface area contributed by atoms with Crippen LogP contribution < -0.4 is 5.32 Å². The number of rotatable bonds is 5. The van der Waals surface area contributed by atoms with E-state index in [-0.39, 0.29) is 12.4 Å². The summed E-state index contributed by atoms with van der Waals surface area (Å²) in [5.74, 6) is 1.68. The van der Waals surface area contributed by atoms with Gasteiger partial charge in [0.05, 0.1) is 18.9 Å². The first-order valence-corrected chi connectivity index (χ1v) is 7.76. The minimum atomic E-state index is 0. The minimum Gasteiger partial charge on any atom is -0.379 e. The van der Waals surface area contributed by atoms with E-state index < -0.39 is 0 Å². The lowest BCUT2D eigenvalue weighted by molar-refractivity contribution is 0.0398. The summed E-state index contributed by atoms with van der Waals surface area (Å²) in [4.78, 5) is 11.4. The highest BCUT2D eigenvalue weighted by atomic mass is 35.5. The molecule has 1 saturated heterocycles. The smallest absolute Gasteiger partial charge is 0.130 e. The summed E-state index contributed by atoms with van der Waals surface area (Å²) < 4.78 is 5.36. The molecule has 0 radical (unpaired) electrons. The van der Waals surface area contributed by atoms with Crippen LogP contribution in [0.15, 0.2) is 36.4 Å². The molecule has 2 heterocycles. The van der Waals surface area contributed by atoms with Crippen molar-refractivity contribution >= 4 is 18.2 Å². The molecule has 0 atom stereocenters. The van der Waals surface area contributed by atoms with E-state index in [1.807, 2.05) is 31.2 Å². The van der Waals surface area contributed by atoms with Crippen molar-refractivity contribution < 1.29 is 4.74 Å². The number of aryl methyl sites for hydroxylation is 1. The Bertz CT molecular complexity index is 603. The maximum absolute atomic E-state index is 5.36. The lowest BCUT2D eigenvalue weighted by Gasteiger charge is -2.26. The van der Waals surface area contributed by atoms with Gasteiger partial charge in [0.25, 0.3) is 0 Å². The van der Waals surface area contributed by atoms with Gasteiger partial charge >= 0.3 is 0 Å². The van der Waals surface area contributed by atoms with Gasteiger partial charge in [-0.2, -0.15) is 0 Å². The summed E-state index contributed by atoms with van der Waals surface area (Å²) in [5.41, 5.74) is 2.08. The molecule has 23 heavy (non-hydrogen) atoms. The highest BCUT2D eigenvalue weighted by Gasteiger charge is 2.10. The van der Waals surface area contributed by atoms with Crippen molar-refractivity contribution in [3.63, 3.8) is 0 Å². The van der Waals surface area contributed by atoms with Gasteiger partial charge in [-0.1, -0.05) is 30.3 Å². The molecular weight excluding hydrogens is 312 g/mol. The van der Waals surface area contributed by atoms with Gasteiger partial charge in [-0.05, 0) is 6.92 Å². The van der Waals surface area contributed by atoms with Crippen LogP contribution >= 0.6 is 12.4 Å². The molecule has 1 fully saturated rings. The first kappa shape index (κ1) is 17.7. The van der Waals surface area contributed by atoms with E-state index in [1.165, 1.54) is 0 Å². The van der Waals surface area contributed by atoms with E-state index in [2.05, 4.69) is 32.3 Å². The van der Waals surface area contributed by atoms with Crippen LogP contribution in [0.4, 0.5) is 5.82 Å². The molecular formula is C17H23ClN4O. The number of benzene rings is 1. The summed E-state index contributed by atoms with van der Waals surface area (Å²) in [6.45, 7) is 7.52. The predicted octanol–water partition coefficient (Wildman–Crippen LogP) is 2.62. The summed E-state index contributed by atoms with van der Waals surface area (Å²) in [7, 11) is 0. The molecule has 1 aromatic carbocycles. The van der Waals surface area contributed by atoms with E-state index in [0.717, 1.165) is 62.3 Å². The fraction of sp³-hybridized carbons (Fsp3) is 0.412. The summed E-state index contributed by atoms with van der Waals surface area (Å²) >= 11 is 0. The largest absolute Gasteiger partial charge is 0.379 e. The molecule has 0 amide bonds. The fourth-order valence-corrected chi connectivity index (χ4v) is 2.58. The van der Waals surface area contributed by atoms with Crippen molar-refractivity contribution in [2.24, 2.45) is 0 Å². The van der Waals surface area contributed by atoms with Crippen LogP contribution in [0.25, 0.3) is 11.3 Å². The monoisotopic (exact) mass is 334 g/mol. The minimum absolute atomic E-state index is 0. The molecule has 124 valence electrons. The normalized spacial score (nSPS) is 15.0. The van der Waals surface area contributed by atoms with Crippen molar-refractivity contribution in [1.82, 2.24) is 14.9 Å². The number of halogens is 1. The average Bonchev–Trinajstić information content (AvgIpc) is 2.56. The first-order valence-electron chi connectivity index (χ1n) is 7.76. The topological polar surface area (TPSA) is 50.3 Å². The van der Waals surface area contributed by atoms with Crippen molar-refractivity contribution in [3.05, 3.63) is 42.2 Å². The van der Waals surface area contributed by atoms with Gasteiger partial charge in [0.2, 0.25) is 0 Å².